The molecular weight excluding hydrogens is 674 g/mol. The van der Waals surface area contributed by atoms with E-state index in [-0.39, 0.29) is 0 Å². The molecule has 0 bridgehead atoms. The van der Waals surface area contributed by atoms with Crippen LogP contribution in [0.4, 0.5) is 11.4 Å². The number of para-hydroxylation sites is 1. The number of benzene rings is 7. The van der Waals surface area contributed by atoms with E-state index in [4.69, 9.17) is 4.74 Å². The fraction of sp³-hybridized carbons (Fsp3) is 0.106. The van der Waals surface area contributed by atoms with E-state index in [0.29, 0.717) is 12.5 Å². The van der Waals surface area contributed by atoms with Crippen LogP contribution in [0.5, 0.6) is 5.75 Å². The van der Waals surface area contributed by atoms with Gasteiger partial charge in [-0.1, -0.05) is 141 Å². The number of halogens is 1. The second-order valence-electron chi connectivity index (χ2n) is 13.7. The van der Waals surface area contributed by atoms with Crippen molar-refractivity contribution in [1.82, 2.24) is 0 Å². The van der Waals surface area contributed by atoms with Crippen molar-refractivity contribution in [2.24, 2.45) is 0 Å². The Morgan fingerprint density at radius 1 is 0.540 bits per heavy atom. The molecule has 0 radical (unpaired) electrons. The predicted octanol–water partition coefficient (Wildman–Crippen LogP) is 12.9. The van der Waals surface area contributed by atoms with Gasteiger partial charge in [0.2, 0.25) is 0 Å². The first-order chi connectivity index (χ1) is 24.5. The van der Waals surface area contributed by atoms with Gasteiger partial charge in [0.15, 0.2) is 0 Å². The SMILES string of the molecule is CC(C)c1cccc(Br)c1OCc1ccc(-c2ccc3c(c2)C2(c4cc(-c5ccccc5)ccc4N3)c3ccccc3-c3ccccc32)cc1. The Bertz CT molecular complexity index is 2350. The smallest absolute Gasteiger partial charge is 0.137 e. The molecule has 0 fully saturated rings. The third-order valence-electron chi connectivity index (χ3n) is 10.5. The van der Waals surface area contributed by atoms with Crippen molar-refractivity contribution in [3.05, 3.63) is 196 Å². The van der Waals surface area contributed by atoms with Gasteiger partial charge in [0, 0.05) is 11.4 Å². The summed E-state index contributed by atoms with van der Waals surface area (Å²) in [5.74, 6) is 1.30. The lowest BCUT2D eigenvalue weighted by atomic mass is 9.64. The first-order valence-corrected chi connectivity index (χ1v) is 18.1. The summed E-state index contributed by atoms with van der Waals surface area (Å²) in [6, 6.07) is 57.6. The summed E-state index contributed by atoms with van der Waals surface area (Å²) in [5, 5.41) is 3.85. The summed E-state index contributed by atoms with van der Waals surface area (Å²) in [6.45, 7) is 4.91. The standard InChI is InChI=1S/C47H36BrNO/c1-30(2)36-15-10-18-43(48)46(36)50-29-31-19-21-33(22-20-31)35-24-26-45-42(28-35)47(39-16-8-6-13-37(39)38-14-7-9-17-40(38)47)41-27-34(23-25-44(41)49-45)32-11-4-3-5-12-32/h3-28,30,49H,29H2,1-2H3. The number of hydrogen-bond acceptors (Lipinski definition) is 2. The minimum absolute atomic E-state index is 0.377. The van der Waals surface area contributed by atoms with Crippen LogP contribution in [0.25, 0.3) is 33.4 Å². The number of anilines is 2. The van der Waals surface area contributed by atoms with Crippen LogP contribution in [0.15, 0.2) is 162 Å². The van der Waals surface area contributed by atoms with E-state index in [2.05, 4.69) is 187 Å². The van der Waals surface area contributed by atoms with Gasteiger partial charge in [-0.25, -0.2) is 0 Å². The largest absolute Gasteiger partial charge is 0.487 e. The van der Waals surface area contributed by atoms with Gasteiger partial charge in [0.25, 0.3) is 0 Å². The fourth-order valence-corrected chi connectivity index (χ4v) is 8.60. The van der Waals surface area contributed by atoms with Gasteiger partial charge in [-0.15, -0.1) is 0 Å². The molecule has 1 heterocycles. The summed E-state index contributed by atoms with van der Waals surface area (Å²) in [6.07, 6.45) is 0. The van der Waals surface area contributed by atoms with Gasteiger partial charge in [-0.2, -0.15) is 0 Å². The lowest BCUT2D eigenvalue weighted by Gasteiger charge is -2.41. The van der Waals surface area contributed by atoms with Crippen molar-refractivity contribution >= 4 is 27.3 Å². The quantitative estimate of drug-likeness (QED) is 0.185. The van der Waals surface area contributed by atoms with Crippen LogP contribution in [0.2, 0.25) is 0 Å². The average Bonchev–Trinajstić information content (AvgIpc) is 3.45. The molecule has 2 aliphatic rings. The maximum absolute atomic E-state index is 6.38. The topological polar surface area (TPSA) is 21.3 Å². The van der Waals surface area contributed by atoms with Crippen LogP contribution in [0.3, 0.4) is 0 Å². The van der Waals surface area contributed by atoms with E-state index in [9.17, 15) is 0 Å². The summed E-state index contributed by atoms with van der Waals surface area (Å²) >= 11 is 3.70. The fourth-order valence-electron chi connectivity index (χ4n) is 8.10. The lowest BCUT2D eigenvalue weighted by molar-refractivity contribution is 0.300. The second-order valence-corrected chi connectivity index (χ2v) is 14.5. The summed E-state index contributed by atoms with van der Waals surface area (Å²) in [7, 11) is 0. The van der Waals surface area contributed by atoms with Crippen LogP contribution in [-0.4, -0.2) is 0 Å². The van der Waals surface area contributed by atoms with Gasteiger partial charge >= 0.3 is 0 Å². The normalized spacial score (nSPS) is 13.3. The number of fused-ring (bicyclic) bond motifs is 9. The average molecular weight is 711 g/mol. The molecular formula is C47H36BrNO. The van der Waals surface area contributed by atoms with Crippen molar-refractivity contribution in [2.75, 3.05) is 5.32 Å². The van der Waals surface area contributed by atoms with Gasteiger partial charge in [0.1, 0.15) is 12.4 Å². The molecule has 1 aliphatic heterocycles. The highest BCUT2D eigenvalue weighted by molar-refractivity contribution is 9.10. The third-order valence-corrected chi connectivity index (χ3v) is 11.1. The second kappa shape index (κ2) is 12.2. The Kier molecular flexibility index (Phi) is 7.48. The Labute approximate surface area is 302 Å². The summed E-state index contributed by atoms with van der Waals surface area (Å²) < 4.78 is 7.38. The van der Waals surface area contributed by atoms with Crippen LogP contribution < -0.4 is 10.1 Å². The Morgan fingerprint density at radius 2 is 1.08 bits per heavy atom. The highest BCUT2D eigenvalue weighted by atomic mass is 79.9. The molecule has 242 valence electrons. The van der Waals surface area contributed by atoms with Crippen LogP contribution >= 0.6 is 15.9 Å². The minimum atomic E-state index is -0.477. The minimum Gasteiger partial charge on any atom is -0.487 e. The van der Waals surface area contributed by atoms with E-state index in [1.165, 1.54) is 61.2 Å². The zero-order valence-corrected chi connectivity index (χ0v) is 29.7. The van der Waals surface area contributed by atoms with E-state index in [1.807, 2.05) is 6.07 Å². The van der Waals surface area contributed by atoms with Crippen molar-refractivity contribution in [3.63, 3.8) is 0 Å². The lowest BCUT2D eigenvalue weighted by Crippen LogP contribution is -2.33. The zero-order valence-electron chi connectivity index (χ0n) is 28.1. The van der Waals surface area contributed by atoms with Crippen LogP contribution in [0.1, 0.15) is 53.1 Å². The molecule has 7 aromatic rings. The van der Waals surface area contributed by atoms with Gasteiger partial charge in [-0.3, -0.25) is 0 Å². The first kappa shape index (κ1) is 30.7. The first-order valence-electron chi connectivity index (χ1n) is 17.3. The summed E-state index contributed by atoms with van der Waals surface area (Å²) in [4.78, 5) is 0. The Morgan fingerprint density at radius 3 is 1.68 bits per heavy atom. The molecule has 7 aromatic carbocycles. The predicted molar refractivity (Wildman–Crippen MR) is 210 cm³/mol. The van der Waals surface area contributed by atoms with Crippen molar-refractivity contribution in [3.8, 4) is 39.1 Å². The van der Waals surface area contributed by atoms with Crippen LogP contribution in [-0.2, 0) is 12.0 Å². The van der Waals surface area contributed by atoms with Gasteiger partial charge < -0.3 is 10.1 Å². The van der Waals surface area contributed by atoms with Crippen molar-refractivity contribution in [2.45, 2.75) is 31.8 Å². The molecule has 1 aliphatic carbocycles. The number of nitrogens with one attached hydrogen (secondary N) is 1. The maximum Gasteiger partial charge on any atom is 0.137 e. The zero-order chi connectivity index (χ0) is 33.8. The number of rotatable bonds is 6. The molecule has 0 atom stereocenters. The highest BCUT2D eigenvalue weighted by Gasteiger charge is 2.50. The van der Waals surface area contributed by atoms with Crippen LogP contribution in [0, 0.1) is 0 Å². The van der Waals surface area contributed by atoms with Gasteiger partial charge in [-0.05, 0) is 119 Å². The number of ether oxygens (including phenoxy) is 1. The molecule has 3 heteroatoms. The molecule has 50 heavy (non-hydrogen) atoms. The molecule has 9 rings (SSSR count). The van der Waals surface area contributed by atoms with E-state index >= 15 is 0 Å². The van der Waals surface area contributed by atoms with Gasteiger partial charge in [0.05, 0.1) is 9.89 Å². The van der Waals surface area contributed by atoms with E-state index in [0.717, 1.165) is 27.2 Å². The molecule has 1 N–H and O–H groups in total. The molecule has 2 nitrogen and oxygen atoms in total. The molecule has 0 amide bonds. The monoisotopic (exact) mass is 709 g/mol. The molecule has 0 saturated carbocycles. The Balaban J connectivity index is 1.16. The molecule has 0 saturated heterocycles. The molecule has 0 aromatic heterocycles. The molecule has 0 unspecified atom stereocenters. The molecule has 1 spiro atoms. The number of hydrogen-bond donors (Lipinski definition) is 1. The third kappa shape index (κ3) is 4.83. The van der Waals surface area contributed by atoms with E-state index in [1.54, 1.807) is 0 Å². The maximum atomic E-state index is 6.38. The highest BCUT2D eigenvalue weighted by Crippen LogP contribution is 2.61. The van der Waals surface area contributed by atoms with Crippen molar-refractivity contribution < 1.29 is 4.74 Å². The van der Waals surface area contributed by atoms with E-state index < -0.39 is 5.41 Å². The summed E-state index contributed by atoms with van der Waals surface area (Å²) in [5.41, 5.74) is 16.8. The van der Waals surface area contributed by atoms with Crippen molar-refractivity contribution in [1.29, 1.82) is 0 Å². The Hall–Kier alpha value is -5.38.